The zero-order valence-corrected chi connectivity index (χ0v) is 24.0. The highest BCUT2D eigenvalue weighted by atomic mass is 32.2. The quantitative estimate of drug-likeness (QED) is 0.141. The molecule has 38 heavy (non-hydrogen) atoms. The van der Waals surface area contributed by atoms with E-state index >= 15 is 0 Å². The largest absolute Gasteiger partial charge is 0.483 e. The van der Waals surface area contributed by atoms with Crippen LogP contribution in [0.25, 0.3) is 0 Å². The molecule has 1 aliphatic carbocycles. The van der Waals surface area contributed by atoms with E-state index in [1.165, 1.54) is 40.6 Å². The van der Waals surface area contributed by atoms with E-state index in [0.29, 0.717) is 28.1 Å². The third kappa shape index (κ3) is 6.30. The fraction of sp³-hybridized carbons (Fsp3) is 0.429. The third-order valence-electron chi connectivity index (χ3n) is 6.61. The Bertz CT molecular complexity index is 1330. The Balaban J connectivity index is 1.46. The third-order valence-corrected chi connectivity index (χ3v) is 8.78. The second-order valence-corrected chi connectivity index (χ2v) is 11.4. The Morgan fingerprint density at radius 2 is 2.00 bits per heavy atom. The highest BCUT2D eigenvalue weighted by Gasteiger charge is 2.27. The summed E-state index contributed by atoms with van der Waals surface area (Å²) in [6, 6.07) is 5.98. The van der Waals surface area contributed by atoms with Crippen molar-refractivity contribution in [1.29, 1.82) is 0 Å². The van der Waals surface area contributed by atoms with E-state index in [4.69, 9.17) is 9.47 Å². The molecule has 202 valence electrons. The molecule has 1 amide bonds. The molecule has 10 heteroatoms. The van der Waals surface area contributed by atoms with Crippen LogP contribution in [-0.2, 0) is 28.9 Å². The molecule has 1 aliphatic rings. The molecule has 0 saturated heterocycles. The number of thioether (sulfide) groups is 1. The van der Waals surface area contributed by atoms with Crippen LogP contribution in [0.5, 0.6) is 5.75 Å². The predicted octanol–water partition coefficient (Wildman–Crippen LogP) is 6.07. The minimum atomic E-state index is -0.402. The van der Waals surface area contributed by atoms with Crippen LogP contribution in [0.4, 0.5) is 5.00 Å². The molecule has 0 saturated carbocycles. The molecule has 0 aliphatic heterocycles. The van der Waals surface area contributed by atoms with Crippen LogP contribution in [0.3, 0.4) is 0 Å². The van der Waals surface area contributed by atoms with Crippen molar-refractivity contribution in [3.8, 4) is 5.75 Å². The summed E-state index contributed by atoms with van der Waals surface area (Å²) in [5, 5.41) is 12.8. The molecular weight excluding hydrogens is 520 g/mol. The first kappa shape index (κ1) is 27.9. The molecule has 1 aromatic carbocycles. The molecule has 8 nitrogen and oxygen atoms in total. The number of nitrogens with zero attached hydrogens (tertiary/aromatic N) is 3. The van der Waals surface area contributed by atoms with E-state index in [9.17, 15) is 9.59 Å². The second kappa shape index (κ2) is 12.6. The Morgan fingerprint density at radius 1 is 1.21 bits per heavy atom. The number of hydrogen-bond donors (Lipinski definition) is 1. The van der Waals surface area contributed by atoms with Crippen LogP contribution in [0.15, 0.2) is 36.0 Å². The molecule has 0 bridgehead atoms. The monoisotopic (exact) mass is 554 g/mol. The van der Waals surface area contributed by atoms with Crippen molar-refractivity contribution in [2.24, 2.45) is 0 Å². The molecule has 1 atom stereocenters. The lowest BCUT2D eigenvalue weighted by Gasteiger charge is -2.16. The fourth-order valence-corrected chi connectivity index (χ4v) is 6.54. The van der Waals surface area contributed by atoms with Crippen LogP contribution < -0.4 is 10.1 Å². The van der Waals surface area contributed by atoms with Gasteiger partial charge in [-0.25, -0.2) is 4.79 Å². The Hall–Kier alpha value is -3.11. The number of esters is 1. The van der Waals surface area contributed by atoms with E-state index in [1.54, 1.807) is 6.08 Å². The Kier molecular flexibility index (Phi) is 9.27. The van der Waals surface area contributed by atoms with Gasteiger partial charge in [0.2, 0.25) is 5.91 Å². The van der Waals surface area contributed by atoms with Crippen molar-refractivity contribution in [1.82, 2.24) is 14.8 Å². The number of benzene rings is 1. The number of carbonyl (C=O) groups excluding carboxylic acids is 2. The smallest absolute Gasteiger partial charge is 0.341 e. The van der Waals surface area contributed by atoms with Crippen molar-refractivity contribution in [2.75, 3.05) is 18.2 Å². The average molecular weight is 555 g/mol. The molecule has 0 radical (unpaired) electrons. The fourth-order valence-electron chi connectivity index (χ4n) is 4.49. The number of aromatic nitrogens is 3. The van der Waals surface area contributed by atoms with Crippen LogP contribution >= 0.6 is 23.1 Å². The van der Waals surface area contributed by atoms with E-state index in [-0.39, 0.29) is 17.8 Å². The summed E-state index contributed by atoms with van der Waals surface area (Å²) in [5.41, 5.74) is 3.88. The number of methoxy groups -OCH3 is 1. The van der Waals surface area contributed by atoms with Gasteiger partial charge in [0, 0.05) is 11.4 Å². The zero-order chi connectivity index (χ0) is 27.2. The highest BCUT2D eigenvalue weighted by Crippen LogP contribution is 2.38. The molecule has 2 heterocycles. The minimum absolute atomic E-state index is 0.116. The standard InChI is InChI=1S/C28H34N4O4S2/c1-6-14-32-25(19(4)36-20-13-12-17(2)18(3)15-20)30-31-28(32)37-16-23(33)29-26-24(27(34)35-5)21-10-8-7-9-11-22(21)38-26/h6,12-13,15,19H,1,7-11,14,16H2,2-5H3,(H,29,33). The number of anilines is 1. The number of ether oxygens (including phenoxy) is 2. The molecule has 1 N–H and O–H groups in total. The van der Waals surface area contributed by atoms with Gasteiger partial charge in [-0.2, -0.15) is 0 Å². The summed E-state index contributed by atoms with van der Waals surface area (Å²) < 4.78 is 13.1. The number of allylic oxidation sites excluding steroid dienone is 1. The Labute approximate surface area is 231 Å². The van der Waals surface area contributed by atoms with Crippen molar-refractivity contribution in [3.05, 3.63) is 63.8 Å². The molecular formula is C28H34N4O4S2. The number of carbonyl (C=O) groups is 2. The second-order valence-electron chi connectivity index (χ2n) is 9.34. The van der Waals surface area contributed by atoms with E-state index in [0.717, 1.165) is 49.0 Å². The number of thiophene rings is 1. The van der Waals surface area contributed by atoms with Gasteiger partial charge in [0.1, 0.15) is 10.8 Å². The van der Waals surface area contributed by atoms with Crippen molar-refractivity contribution in [2.45, 2.75) is 70.7 Å². The molecule has 4 rings (SSSR count). The van der Waals surface area contributed by atoms with Crippen LogP contribution in [0.1, 0.15) is 70.0 Å². The van der Waals surface area contributed by atoms with Crippen LogP contribution in [0.2, 0.25) is 0 Å². The number of aryl methyl sites for hydroxylation is 3. The average Bonchev–Trinajstić information content (AvgIpc) is 3.37. The van der Waals surface area contributed by atoms with Gasteiger partial charge in [-0.3, -0.25) is 9.36 Å². The number of fused-ring (bicyclic) bond motifs is 1. The number of hydrogen-bond acceptors (Lipinski definition) is 8. The zero-order valence-electron chi connectivity index (χ0n) is 22.3. The summed E-state index contributed by atoms with van der Waals surface area (Å²) in [6.45, 7) is 10.4. The lowest BCUT2D eigenvalue weighted by atomic mass is 10.1. The number of amides is 1. The SMILES string of the molecule is C=CCn1c(SCC(=O)Nc2sc3c(c2C(=O)OC)CCCCC3)nnc1C(C)Oc1ccc(C)c(C)c1. The van der Waals surface area contributed by atoms with Crippen LogP contribution in [-0.4, -0.2) is 39.5 Å². The van der Waals surface area contributed by atoms with Gasteiger partial charge in [0.25, 0.3) is 0 Å². The maximum atomic E-state index is 13.0. The molecule has 0 spiro atoms. The van der Waals surface area contributed by atoms with E-state index in [2.05, 4.69) is 29.0 Å². The lowest BCUT2D eigenvalue weighted by Crippen LogP contribution is -2.17. The number of nitrogens with one attached hydrogen (secondary N) is 1. The molecule has 0 fully saturated rings. The normalized spacial score (nSPS) is 13.8. The summed E-state index contributed by atoms with van der Waals surface area (Å²) >= 11 is 2.77. The highest BCUT2D eigenvalue weighted by molar-refractivity contribution is 7.99. The van der Waals surface area contributed by atoms with Gasteiger partial charge in [-0.15, -0.1) is 28.1 Å². The summed E-state index contributed by atoms with van der Waals surface area (Å²) in [4.78, 5) is 26.7. The number of rotatable bonds is 10. The maximum absolute atomic E-state index is 13.0. The first-order valence-corrected chi connectivity index (χ1v) is 14.6. The Morgan fingerprint density at radius 3 is 2.74 bits per heavy atom. The van der Waals surface area contributed by atoms with Gasteiger partial charge in [-0.05, 0) is 75.3 Å². The van der Waals surface area contributed by atoms with Crippen LogP contribution in [0, 0.1) is 13.8 Å². The summed E-state index contributed by atoms with van der Waals surface area (Å²) in [5.74, 6) is 0.912. The van der Waals surface area contributed by atoms with Crippen molar-refractivity contribution in [3.63, 3.8) is 0 Å². The molecule has 2 aromatic heterocycles. The van der Waals surface area contributed by atoms with Gasteiger partial charge < -0.3 is 14.8 Å². The van der Waals surface area contributed by atoms with Gasteiger partial charge >= 0.3 is 5.97 Å². The maximum Gasteiger partial charge on any atom is 0.341 e. The summed E-state index contributed by atoms with van der Waals surface area (Å²) in [6.07, 6.45) is 6.43. The lowest BCUT2D eigenvalue weighted by molar-refractivity contribution is -0.113. The van der Waals surface area contributed by atoms with Gasteiger partial charge in [-0.1, -0.05) is 30.3 Å². The van der Waals surface area contributed by atoms with Gasteiger partial charge in [0.15, 0.2) is 17.1 Å². The minimum Gasteiger partial charge on any atom is -0.483 e. The topological polar surface area (TPSA) is 95.3 Å². The first-order chi connectivity index (χ1) is 18.3. The van der Waals surface area contributed by atoms with E-state index in [1.807, 2.05) is 36.6 Å². The summed E-state index contributed by atoms with van der Waals surface area (Å²) in [7, 11) is 1.37. The molecule has 1 unspecified atom stereocenters. The van der Waals surface area contributed by atoms with Crippen molar-refractivity contribution >= 4 is 40.0 Å². The predicted molar refractivity (Wildman–Crippen MR) is 151 cm³/mol. The van der Waals surface area contributed by atoms with E-state index < -0.39 is 5.97 Å². The van der Waals surface area contributed by atoms with Crippen molar-refractivity contribution < 1.29 is 19.1 Å². The molecule has 3 aromatic rings. The first-order valence-electron chi connectivity index (χ1n) is 12.8. The van der Waals surface area contributed by atoms with Gasteiger partial charge in [0.05, 0.1) is 18.4 Å².